The average Bonchev–Trinajstić information content (AvgIpc) is 3.21. The Morgan fingerprint density at radius 2 is 1.91 bits per heavy atom. The van der Waals surface area contributed by atoms with E-state index in [2.05, 4.69) is 15.5 Å². The standard InChI is InChI=1S/C20H20ClFN4O3S3/c1-3-26(4-2)32(28,29)14-9-10-16(21)15(11-14)18(27)23-19-24-25-20(31-19)30-12-13-7-5-6-8-17(13)22/h5-11H,3-4,12H2,1-2H3,(H,23,24,27). The molecule has 0 spiro atoms. The minimum atomic E-state index is -3.74. The molecule has 7 nitrogen and oxygen atoms in total. The van der Waals surface area contributed by atoms with Crippen LogP contribution in [0.5, 0.6) is 0 Å². The third-order valence-electron chi connectivity index (χ3n) is 4.46. The third kappa shape index (κ3) is 5.65. The second-order valence-electron chi connectivity index (χ2n) is 6.44. The Balaban J connectivity index is 1.73. The van der Waals surface area contributed by atoms with E-state index in [1.54, 1.807) is 32.0 Å². The molecule has 1 amide bonds. The van der Waals surface area contributed by atoms with Crippen LogP contribution in [0.25, 0.3) is 0 Å². The van der Waals surface area contributed by atoms with Crippen LogP contribution in [0.15, 0.2) is 51.7 Å². The van der Waals surface area contributed by atoms with Gasteiger partial charge in [0.25, 0.3) is 5.91 Å². The van der Waals surface area contributed by atoms with Gasteiger partial charge >= 0.3 is 0 Å². The zero-order chi connectivity index (χ0) is 23.3. The summed E-state index contributed by atoms with van der Waals surface area (Å²) >= 11 is 8.57. The number of carbonyl (C=O) groups excluding carboxylic acids is 1. The number of carbonyl (C=O) groups is 1. The van der Waals surface area contributed by atoms with Crippen LogP contribution in [-0.2, 0) is 15.8 Å². The number of thioether (sulfide) groups is 1. The van der Waals surface area contributed by atoms with E-state index >= 15 is 0 Å². The monoisotopic (exact) mass is 514 g/mol. The number of halogens is 2. The lowest BCUT2D eigenvalue weighted by atomic mass is 10.2. The van der Waals surface area contributed by atoms with Crippen molar-refractivity contribution >= 4 is 55.8 Å². The number of nitrogens with one attached hydrogen (secondary N) is 1. The van der Waals surface area contributed by atoms with E-state index in [9.17, 15) is 17.6 Å². The normalized spacial score (nSPS) is 11.7. The van der Waals surface area contributed by atoms with E-state index in [0.717, 1.165) is 11.3 Å². The minimum absolute atomic E-state index is 0.00987. The summed E-state index contributed by atoms with van der Waals surface area (Å²) in [7, 11) is -3.74. The fourth-order valence-electron chi connectivity index (χ4n) is 2.79. The Labute approximate surface area is 199 Å². The quantitative estimate of drug-likeness (QED) is 0.322. The molecule has 1 heterocycles. The van der Waals surface area contributed by atoms with Crippen LogP contribution in [-0.4, -0.2) is 41.9 Å². The molecule has 0 fully saturated rings. The first-order valence-electron chi connectivity index (χ1n) is 9.57. The lowest BCUT2D eigenvalue weighted by Crippen LogP contribution is -2.30. The van der Waals surface area contributed by atoms with Crippen molar-refractivity contribution in [3.63, 3.8) is 0 Å². The maximum absolute atomic E-state index is 13.7. The molecule has 3 aromatic rings. The summed E-state index contributed by atoms with van der Waals surface area (Å²) in [5.74, 6) is -0.535. The molecule has 0 saturated heterocycles. The van der Waals surface area contributed by atoms with Crippen molar-refractivity contribution in [1.82, 2.24) is 14.5 Å². The molecule has 0 aliphatic carbocycles. The number of amides is 1. The van der Waals surface area contributed by atoms with Crippen molar-refractivity contribution in [3.05, 3.63) is 64.4 Å². The maximum atomic E-state index is 13.7. The maximum Gasteiger partial charge on any atom is 0.259 e. The number of sulfonamides is 1. The van der Waals surface area contributed by atoms with Crippen molar-refractivity contribution in [3.8, 4) is 0 Å². The molecule has 12 heteroatoms. The SMILES string of the molecule is CCN(CC)S(=O)(=O)c1ccc(Cl)c(C(=O)Nc2nnc(SCc3ccccc3F)s2)c1. The number of rotatable bonds is 9. The second kappa shape index (κ2) is 10.7. The van der Waals surface area contributed by atoms with E-state index in [1.165, 1.54) is 40.3 Å². The van der Waals surface area contributed by atoms with Crippen LogP contribution in [0.3, 0.4) is 0 Å². The minimum Gasteiger partial charge on any atom is -0.296 e. The molecule has 0 aliphatic heterocycles. The van der Waals surface area contributed by atoms with Gasteiger partial charge < -0.3 is 0 Å². The van der Waals surface area contributed by atoms with Gasteiger partial charge in [0.15, 0.2) is 4.34 Å². The largest absolute Gasteiger partial charge is 0.296 e. The molecule has 1 aromatic heterocycles. The van der Waals surface area contributed by atoms with Gasteiger partial charge in [0, 0.05) is 18.8 Å². The molecular weight excluding hydrogens is 495 g/mol. The van der Waals surface area contributed by atoms with Crippen LogP contribution < -0.4 is 5.32 Å². The van der Waals surface area contributed by atoms with Gasteiger partial charge in [-0.3, -0.25) is 10.1 Å². The Morgan fingerprint density at radius 1 is 1.19 bits per heavy atom. The third-order valence-corrected chi connectivity index (χ3v) is 8.86. The predicted octanol–water partition coefficient (Wildman–Crippen LogP) is 4.91. The summed E-state index contributed by atoms with van der Waals surface area (Å²) < 4.78 is 41.1. The lowest BCUT2D eigenvalue weighted by molar-refractivity contribution is 0.102. The van der Waals surface area contributed by atoms with Gasteiger partial charge in [0.05, 0.1) is 15.5 Å². The molecule has 170 valence electrons. The van der Waals surface area contributed by atoms with Gasteiger partial charge in [-0.2, -0.15) is 4.31 Å². The van der Waals surface area contributed by atoms with Crippen LogP contribution in [0.1, 0.15) is 29.8 Å². The highest BCUT2D eigenvalue weighted by molar-refractivity contribution is 8.00. The van der Waals surface area contributed by atoms with Gasteiger partial charge in [0.1, 0.15) is 5.82 Å². The van der Waals surface area contributed by atoms with Gasteiger partial charge in [-0.25, -0.2) is 12.8 Å². The number of benzene rings is 2. The van der Waals surface area contributed by atoms with E-state index in [0.29, 0.717) is 28.7 Å². The first-order chi connectivity index (χ1) is 15.3. The molecule has 0 aliphatic rings. The topological polar surface area (TPSA) is 92.3 Å². The highest BCUT2D eigenvalue weighted by Crippen LogP contribution is 2.30. The molecular formula is C20H20ClFN4O3S3. The molecule has 0 atom stereocenters. The first-order valence-corrected chi connectivity index (χ1v) is 13.2. The fraction of sp³-hybridized carbons (Fsp3) is 0.250. The lowest BCUT2D eigenvalue weighted by Gasteiger charge is -2.19. The number of anilines is 1. The van der Waals surface area contributed by atoms with Crippen molar-refractivity contribution in [1.29, 1.82) is 0 Å². The molecule has 0 saturated carbocycles. The summed E-state index contributed by atoms with van der Waals surface area (Å²) in [5.41, 5.74) is 0.548. The van der Waals surface area contributed by atoms with Crippen molar-refractivity contribution in [2.24, 2.45) is 0 Å². The summed E-state index contributed by atoms with van der Waals surface area (Å²) in [5, 5.41) is 10.8. The summed E-state index contributed by atoms with van der Waals surface area (Å²) in [6, 6.07) is 10.4. The highest BCUT2D eigenvalue weighted by atomic mass is 35.5. The summed E-state index contributed by atoms with van der Waals surface area (Å²) in [4.78, 5) is 12.7. The summed E-state index contributed by atoms with van der Waals surface area (Å²) in [6.07, 6.45) is 0. The van der Waals surface area contributed by atoms with E-state index in [1.807, 2.05) is 0 Å². The number of nitrogens with zero attached hydrogens (tertiary/aromatic N) is 3. The van der Waals surface area contributed by atoms with Gasteiger partial charge in [-0.05, 0) is 29.8 Å². The molecule has 2 aromatic carbocycles. The molecule has 0 bridgehead atoms. The Morgan fingerprint density at radius 3 is 2.59 bits per heavy atom. The van der Waals surface area contributed by atoms with Crippen LogP contribution in [0, 0.1) is 5.82 Å². The van der Waals surface area contributed by atoms with Gasteiger partial charge in [0.2, 0.25) is 15.2 Å². The zero-order valence-electron chi connectivity index (χ0n) is 17.2. The van der Waals surface area contributed by atoms with Crippen molar-refractivity contribution in [2.45, 2.75) is 28.8 Å². The Kier molecular flexibility index (Phi) is 8.23. The van der Waals surface area contributed by atoms with Crippen LogP contribution >= 0.6 is 34.7 Å². The molecule has 0 radical (unpaired) electrons. The number of aromatic nitrogens is 2. The second-order valence-corrected chi connectivity index (χ2v) is 11.0. The van der Waals surface area contributed by atoms with Crippen molar-refractivity contribution < 1.29 is 17.6 Å². The number of hydrogen-bond acceptors (Lipinski definition) is 7. The highest BCUT2D eigenvalue weighted by Gasteiger charge is 2.24. The van der Waals surface area contributed by atoms with Gasteiger partial charge in [-0.1, -0.05) is 66.7 Å². The Hall–Kier alpha value is -2.05. The Bertz CT molecular complexity index is 1220. The zero-order valence-corrected chi connectivity index (χ0v) is 20.4. The van der Waals surface area contributed by atoms with E-state index in [-0.39, 0.29) is 26.4 Å². The van der Waals surface area contributed by atoms with E-state index < -0.39 is 15.9 Å². The molecule has 0 unspecified atom stereocenters. The van der Waals surface area contributed by atoms with Crippen LogP contribution in [0.4, 0.5) is 9.52 Å². The van der Waals surface area contributed by atoms with Gasteiger partial charge in [-0.15, -0.1) is 10.2 Å². The smallest absolute Gasteiger partial charge is 0.259 e. The fourth-order valence-corrected chi connectivity index (χ4v) is 6.21. The first kappa shape index (κ1) is 24.6. The molecule has 3 rings (SSSR count). The predicted molar refractivity (Wildman–Crippen MR) is 125 cm³/mol. The van der Waals surface area contributed by atoms with Crippen molar-refractivity contribution in [2.75, 3.05) is 18.4 Å². The summed E-state index contributed by atoms with van der Waals surface area (Å²) in [6.45, 7) is 4.09. The average molecular weight is 515 g/mol. The van der Waals surface area contributed by atoms with E-state index in [4.69, 9.17) is 11.6 Å². The molecule has 1 N–H and O–H groups in total. The number of hydrogen-bond donors (Lipinski definition) is 1. The molecule has 32 heavy (non-hydrogen) atoms. The van der Waals surface area contributed by atoms with Crippen LogP contribution in [0.2, 0.25) is 5.02 Å².